The molecule has 0 bridgehead atoms. The van der Waals surface area contributed by atoms with Crippen molar-refractivity contribution in [3.63, 3.8) is 0 Å². The fourth-order valence-electron chi connectivity index (χ4n) is 3.35. The average Bonchev–Trinajstić information content (AvgIpc) is 2.80. The van der Waals surface area contributed by atoms with Crippen LogP contribution in [0.2, 0.25) is 0 Å². The number of hydrogen-bond donors (Lipinski definition) is 7. The largest absolute Gasteiger partial charge is 0.508 e. The van der Waals surface area contributed by atoms with Gasteiger partial charge >= 0.3 is 11.9 Å². The van der Waals surface area contributed by atoms with Crippen molar-refractivity contribution >= 4 is 29.7 Å². The number of carboxylic acid groups (broad SMARTS) is 2. The van der Waals surface area contributed by atoms with Crippen LogP contribution in [0.5, 0.6) is 5.75 Å². The van der Waals surface area contributed by atoms with Gasteiger partial charge in [0.15, 0.2) is 0 Å². The van der Waals surface area contributed by atoms with Crippen LogP contribution in [-0.2, 0) is 30.4 Å². The lowest BCUT2D eigenvalue weighted by Gasteiger charge is -2.28. The van der Waals surface area contributed by atoms with E-state index in [1.54, 1.807) is 27.7 Å². The molecule has 0 aliphatic rings. The summed E-state index contributed by atoms with van der Waals surface area (Å²) in [7, 11) is 0. The number of nitrogens with one attached hydrogen (secondary N) is 3. The van der Waals surface area contributed by atoms with Crippen LogP contribution in [0.15, 0.2) is 24.3 Å². The summed E-state index contributed by atoms with van der Waals surface area (Å²) >= 11 is 0. The fourth-order valence-corrected chi connectivity index (χ4v) is 3.35. The van der Waals surface area contributed by atoms with E-state index in [0.29, 0.717) is 12.0 Å². The molecule has 0 fully saturated rings. The number of benzene rings is 1. The molecule has 0 aliphatic heterocycles. The molecule has 3 amide bonds. The predicted molar refractivity (Wildman–Crippen MR) is 130 cm³/mol. The minimum Gasteiger partial charge on any atom is -0.508 e. The van der Waals surface area contributed by atoms with Crippen LogP contribution in [0.4, 0.5) is 0 Å². The molecule has 0 saturated heterocycles. The number of carboxylic acids is 2. The molecule has 5 atom stereocenters. The highest BCUT2D eigenvalue weighted by Crippen LogP contribution is 2.13. The Balaban J connectivity index is 3.13. The van der Waals surface area contributed by atoms with Crippen molar-refractivity contribution in [2.45, 2.75) is 71.1 Å². The van der Waals surface area contributed by atoms with Gasteiger partial charge in [-0.3, -0.25) is 19.2 Å². The molecule has 1 rings (SSSR count). The first kappa shape index (κ1) is 30.4. The number of carbonyl (C=O) groups excluding carboxylic acids is 3. The number of aromatic hydroxyl groups is 1. The molecule has 0 aliphatic carbocycles. The van der Waals surface area contributed by atoms with Crippen LogP contribution in [0, 0.1) is 11.8 Å². The van der Waals surface area contributed by atoms with Gasteiger partial charge < -0.3 is 37.0 Å². The Kier molecular flexibility index (Phi) is 11.8. The second kappa shape index (κ2) is 14.0. The molecule has 0 aromatic heterocycles. The molecule has 12 nitrogen and oxygen atoms in total. The van der Waals surface area contributed by atoms with Crippen molar-refractivity contribution in [1.82, 2.24) is 16.0 Å². The van der Waals surface area contributed by atoms with Crippen molar-refractivity contribution in [3.05, 3.63) is 29.8 Å². The Morgan fingerprint density at radius 1 is 0.861 bits per heavy atom. The second-order valence-electron chi connectivity index (χ2n) is 9.08. The van der Waals surface area contributed by atoms with Gasteiger partial charge in [0.25, 0.3) is 0 Å². The highest BCUT2D eigenvalue weighted by Gasteiger charge is 2.33. The third-order valence-corrected chi connectivity index (χ3v) is 5.76. The van der Waals surface area contributed by atoms with Gasteiger partial charge in [-0.25, -0.2) is 4.79 Å². The van der Waals surface area contributed by atoms with Crippen molar-refractivity contribution < 1.29 is 39.3 Å². The summed E-state index contributed by atoms with van der Waals surface area (Å²) in [6.45, 7) is 6.81. The van der Waals surface area contributed by atoms with E-state index in [4.69, 9.17) is 10.8 Å². The van der Waals surface area contributed by atoms with Gasteiger partial charge in [0.1, 0.15) is 23.9 Å². The Labute approximate surface area is 209 Å². The molecule has 1 aromatic rings. The van der Waals surface area contributed by atoms with Crippen molar-refractivity contribution in [2.75, 3.05) is 0 Å². The van der Waals surface area contributed by atoms with Gasteiger partial charge in [0.05, 0.1) is 12.5 Å². The van der Waals surface area contributed by atoms with E-state index in [2.05, 4.69) is 16.0 Å². The summed E-state index contributed by atoms with van der Waals surface area (Å²) in [4.78, 5) is 61.1. The van der Waals surface area contributed by atoms with Crippen LogP contribution in [0.1, 0.15) is 46.1 Å². The van der Waals surface area contributed by atoms with Gasteiger partial charge in [-0.2, -0.15) is 0 Å². The zero-order valence-corrected chi connectivity index (χ0v) is 20.9. The summed E-state index contributed by atoms with van der Waals surface area (Å²) in [5.74, 6) is -5.58. The summed E-state index contributed by atoms with van der Waals surface area (Å²) in [6.07, 6.45) is -0.190. The first-order valence-corrected chi connectivity index (χ1v) is 11.7. The molecule has 36 heavy (non-hydrogen) atoms. The zero-order chi connectivity index (χ0) is 27.6. The number of rotatable bonds is 14. The minimum atomic E-state index is -1.41. The van der Waals surface area contributed by atoms with Crippen molar-refractivity contribution in [3.8, 4) is 5.75 Å². The Morgan fingerprint density at radius 3 is 1.89 bits per heavy atom. The lowest BCUT2D eigenvalue weighted by Crippen LogP contribution is -2.59. The van der Waals surface area contributed by atoms with E-state index in [1.807, 2.05) is 0 Å². The van der Waals surface area contributed by atoms with Crippen LogP contribution in [0.3, 0.4) is 0 Å². The maximum atomic E-state index is 13.2. The van der Waals surface area contributed by atoms with Crippen LogP contribution >= 0.6 is 0 Å². The van der Waals surface area contributed by atoms with Gasteiger partial charge in [-0.1, -0.05) is 46.2 Å². The van der Waals surface area contributed by atoms with Gasteiger partial charge in [0.2, 0.25) is 17.7 Å². The average molecular weight is 509 g/mol. The topological polar surface area (TPSA) is 208 Å². The molecule has 0 radical (unpaired) electrons. The van der Waals surface area contributed by atoms with Gasteiger partial charge in [-0.15, -0.1) is 0 Å². The first-order chi connectivity index (χ1) is 16.8. The van der Waals surface area contributed by atoms with Crippen LogP contribution < -0.4 is 21.7 Å². The van der Waals surface area contributed by atoms with Gasteiger partial charge in [0, 0.05) is 6.42 Å². The molecule has 0 spiro atoms. The maximum absolute atomic E-state index is 13.2. The maximum Gasteiger partial charge on any atom is 0.326 e. The number of carbonyl (C=O) groups is 5. The monoisotopic (exact) mass is 508 g/mol. The zero-order valence-electron chi connectivity index (χ0n) is 20.9. The normalized spacial score (nSPS) is 15.2. The molecular weight excluding hydrogens is 472 g/mol. The summed E-state index contributed by atoms with van der Waals surface area (Å²) in [6, 6.07) is 0.956. The van der Waals surface area contributed by atoms with E-state index >= 15 is 0 Å². The molecule has 1 aromatic carbocycles. The fraction of sp³-hybridized carbons (Fsp3) is 0.542. The second-order valence-corrected chi connectivity index (χ2v) is 9.08. The van der Waals surface area contributed by atoms with E-state index in [1.165, 1.54) is 24.3 Å². The molecule has 5 unspecified atom stereocenters. The Hall–Kier alpha value is -3.67. The van der Waals surface area contributed by atoms with E-state index < -0.39 is 66.2 Å². The summed E-state index contributed by atoms with van der Waals surface area (Å²) < 4.78 is 0. The Morgan fingerprint density at radius 2 is 1.42 bits per heavy atom. The smallest absolute Gasteiger partial charge is 0.326 e. The predicted octanol–water partition coefficient (Wildman–Crippen LogP) is -0.0222. The quantitative estimate of drug-likeness (QED) is 0.180. The van der Waals surface area contributed by atoms with E-state index in [9.17, 15) is 34.2 Å². The minimum absolute atomic E-state index is 0.00176. The molecule has 0 heterocycles. The van der Waals surface area contributed by atoms with E-state index in [-0.39, 0.29) is 18.1 Å². The van der Waals surface area contributed by atoms with Crippen LogP contribution in [-0.4, -0.2) is 69.1 Å². The highest BCUT2D eigenvalue weighted by molar-refractivity contribution is 5.95. The SMILES string of the molecule is CCC(C)C(NC(=O)C(NC(=O)C(Cc1ccc(O)cc1)NC(=O)C(N)CC(=O)O)C(C)C)C(=O)O. The molecule has 8 N–H and O–H groups in total. The number of hydrogen-bond acceptors (Lipinski definition) is 7. The number of phenolic OH excluding ortho intramolecular Hbond substituents is 1. The van der Waals surface area contributed by atoms with Gasteiger partial charge in [-0.05, 0) is 29.5 Å². The standard InChI is InChI=1S/C24H36N4O8/c1-5-13(4)20(24(35)36)28-23(34)19(12(2)3)27-22(33)17(10-14-6-8-15(29)9-7-14)26-21(32)16(25)11-18(30)31/h6-9,12-13,16-17,19-20,29H,5,10-11,25H2,1-4H3,(H,26,32)(H,27,33)(H,28,34)(H,30,31)(H,35,36). The number of aliphatic carboxylic acids is 2. The van der Waals surface area contributed by atoms with E-state index in [0.717, 1.165) is 0 Å². The molecule has 12 heteroatoms. The molecule has 0 saturated carbocycles. The number of amides is 3. The third kappa shape index (κ3) is 9.53. The first-order valence-electron chi connectivity index (χ1n) is 11.7. The number of nitrogens with two attached hydrogens (primary N) is 1. The Bertz CT molecular complexity index is 935. The lowest BCUT2D eigenvalue weighted by atomic mass is 9.97. The molecule has 200 valence electrons. The summed E-state index contributed by atoms with van der Waals surface area (Å²) in [5, 5.41) is 35.4. The highest BCUT2D eigenvalue weighted by atomic mass is 16.4. The number of phenols is 1. The molecular formula is C24H36N4O8. The third-order valence-electron chi connectivity index (χ3n) is 5.76. The van der Waals surface area contributed by atoms with Crippen LogP contribution in [0.25, 0.3) is 0 Å². The van der Waals surface area contributed by atoms with Crippen molar-refractivity contribution in [1.29, 1.82) is 0 Å². The summed E-state index contributed by atoms with van der Waals surface area (Å²) in [5.41, 5.74) is 6.19. The van der Waals surface area contributed by atoms with Crippen molar-refractivity contribution in [2.24, 2.45) is 17.6 Å². The lowest BCUT2D eigenvalue weighted by molar-refractivity contribution is -0.144.